The summed E-state index contributed by atoms with van der Waals surface area (Å²) in [5.41, 5.74) is 1.08. The van der Waals surface area contributed by atoms with Crippen LogP contribution in [0, 0.1) is 11.8 Å². The Morgan fingerprint density at radius 2 is 2.35 bits per heavy atom. The van der Waals surface area contributed by atoms with Crippen LogP contribution in [0.25, 0.3) is 0 Å². The average Bonchev–Trinajstić information content (AvgIpc) is 3.00. The second-order valence-electron chi connectivity index (χ2n) is 6.55. The smallest absolute Gasteiger partial charge is 0.225 e. The number of piperidine rings is 1. The van der Waals surface area contributed by atoms with E-state index in [0.29, 0.717) is 18.6 Å². The van der Waals surface area contributed by atoms with Gasteiger partial charge in [0.15, 0.2) is 0 Å². The molecule has 6 heteroatoms. The number of nitrogens with zero attached hydrogens (tertiary/aromatic N) is 2. The van der Waals surface area contributed by atoms with Crippen LogP contribution in [0.5, 0.6) is 0 Å². The van der Waals surface area contributed by atoms with Crippen LogP contribution in [0.1, 0.15) is 44.3 Å². The van der Waals surface area contributed by atoms with Crippen LogP contribution in [0.15, 0.2) is 5.38 Å². The van der Waals surface area contributed by atoms with E-state index in [0.717, 1.165) is 43.2 Å². The van der Waals surface area contributed by atoms with Gasteiger partial charge in [0.25, 0.3) is 0 Å². The van der Waals surface area contributed by atoms with Crippen LogP contribution in [0.2, 0.25) is 0 Å². The maximum absolute atomic E-state index is 12.2. The third kappa shape index (κ3) is 4.99. The van der Waals surface area contributed by atoms with Crippen LogP contribution in [0.3, 0.4) is 0 Å². The van der Waals surface area contributed by atoms with E-state index < -0.39 is 0 Å². The summed E-state index contributed by atoms with van der Waals surface area (Å²) in [6.07, 6.45) is 2.11. The van der Waals surface area contributed by atoms with Crippen molar-refractivity contribution in [2.24, 2.45) is 11.8 Å². The van der Waals surface area contributed by atoms with E-state index in [2.05, 4.69) is 22.6 Å². The molecule has 1 aliphatic rings. The number of amides is 1. The number of ether oxygens (including phenoxy) is 1. The molecular weight excluding hydrogens is 310 g/mol. The highest BCUT2D eigenvalue weighted by Crippen LogP contribution is 2.22. The Labute approximate surface area is 143 Å². The number of likely N-dealkylation sites (tertiary alicyclic amines) is 1. The molecule has 1 aliphatic heterocycles. The number of thiazole rings is 1. The first-order chi connectivity index (χ1) is 11.0. The molecule has 0 saturated carbocycles. The Bertz CT molecular complexity index is 504. The van der Waals surface area contributed by atoms with Gasteiger partial charge in [-0.1, -0.05) is 27.2 Å². The summed E-state index contributed by atoms with van der Waals surface area (Å²) in [6, 6.07) is 0.462. The molecule has 23 heavy (non-hydrogen) atoms. The van der Waals surface area contributed by atoms with Gasteiger partial charge in [-0.3, -0.25) is 4.79 Å². The van der Waals surface area contributed by atoms with Gasteiger partial charge in [0, 0.05) is 44.1 Å². The number of methoxy groups -OCH3 is 1. The number of carbonyl (C=O) groups excluding carboxylic acids is 1. The predicted molar refractivity (Wildman–Crippen MR) is 93.3 cm³/mol. The van der Waals surface area contributed by atoms with Crippen molar-refractivity contribution in [1.82, 2.24) is 15.2 Å². The lowest BCUT2D eigenvalue weighted by atomic mass is 9.89. The lowest BCUT2D eigenvalue weighted by molar-refractivity contribution is -0.136. The number of aromatic nitrogens is 1. The summed E-state index contributed by atoms with van der Waals surface area (Å²) < 4.78 is 5.11. The van der Waals surface area contributed by atoms with Gasteiger partial charge in [0.05, 0.1) is 12.3 Å². The molecule has 0 aromatic carbocycles. The van der Waals surface area contributed by atoms with Crippen molar-refractivity contribution in [2.45, 2.75) is 52.8 Å². The van der Waals surface area contributed by atoms with E-state index >= 15 is 0 Å². The monoisotopic (exact) mass is 339 g/mol. The Morgan fingerprint density at radius 1 is 1.57 bits per heavy atom. The number of rotatable bonds is 7. The molecule has 2 heterocycles. The van der Waals surface area contributed by atoms with Crippen LogP contribution in [-0.4, -0.2) is 42.0 Å². The standard InChI is InChI=1S/C17H29N3O2S/c1-5-13-9-20(17(21)12(2)3)7-6-15(13)18-8-14-11-23-16(19-14)10-22-4/h11-13,15,18H,5-10H2,1-4H3/t13-,15+/m1/s1. The van der Waals surface area contributed by atoms with E-state index in [9.17, 15) is 4.79 Å². The second kappa shape index (κ2) is 8.76. The molecule has 2 rings (SSSR count). The van der Waals surface area contributed by atoms with Crippen LogP contribution in [0.4, 0.5) is 0 Å². The van der Waals surface area contributed by atoms with Gasteiger partial charge in [-0.25, -0.2) is 4.98 Å². The molecule has 0 radical (unpaired) electrons. The van der Waals surface area contributed by atoms with Crippen molar-refractivity contribution in [3.63, 3.8) is 0 Å². The van der Waals surface area contributed by atoms with Crippen molar-refractivity contribution in [1.29, 1.82) is 0 Å². The summed E-state index contributed by atoms with van der Waals surface area (Å²) in [6.45, 7) is 9.27. The van der Waals surface area contributed by atoms with E-state index in [1.54, 1.807) is 18.4 Å². The zero-order valence-electron chi connectivity index (χ0n) is 14.7. The third-order valence-corrected chi connectivity index (χ3v) is 5.35. The molecule has 1 saturated heterocycles. The quantitative estimate of drug-likeness (QED) is 0.830. The van der Waals surface area contributed by atoms with Crippen LogP contribution < -0.4 is 5.32 Å². The number of carbonyl (C=O) groups is 1. The lowest BCUT2D eigenvalue weighted by Crippen LogP contribution is -2.51. The molecule has 1 N–H and O–H groups in total. The number of hydrogen-bond donors (Lipinski definition) is 1. The zero-order valence-corrected chi connectivity index (χ0v) is 15.5. The average molecular weight is 340 g/mol. The third-order valence-electron chi connectivity index (χ3n) is 4.48. The minimum absolute atomic E-state index is 0.0891. The largest absolute Gasteiger partial charge is 0.378 e. The predicted octanol–water partition coefficient (Wildman–Crippen LogP) is 2.66. The molecule has 130 valence electrons. The molecule has 1 aromatic heterocycles. The summed E-state index contributed by atoms with van der Waals surface area (Å²) >= 11 is 1.65. The molecule has 1 aromatic rings. The number of nitrogens with one attached hydrogen (secondary N) is 1. The van der Waals surface area contributed by atoms with E-state index in [1.165, 1.54) is 0 Å². The SMILES string of the molecule is CC[C@@H]1CN(C(=O)C(C)C)CC[C@@H]1NCc1csc(COC)n1. The minimum Gasteiger partial charge on any atom is -0.378 e. The van der Waals surface area contributed by atoms with Crippen molar-refractivity contribution >= 4 is 17.2 Å². The molecule has 2 atom stereocenters. The van der Waals surface area contributed by atoms with E-state index in [-0.39, 0.29) is 11.8 Å². The lowest BCUT2D eigenvalue weighted by Gasteiger charge is -2.39. The van der Waals surface area contributed by atoms with Gasteiger partial charge < -0.3 is 15.0 Å². The minimum atomic E-state index is 0.0891. The van der Waals surface area contributed by atoms with Crippen LogP contribution >= 0.6 is 11.3 Å². The molecule has 5 nitrogen and oxygen atoms in total. The highest BCUT2D eigenvalue weighted by atomic mass is 32.1. The summed E-state index contributed by atoms with van der Waals surface area (Å²) in [7, 11) is 1.69. The van der Waals surface area contributed by atoms with E-state index in [4.69, 9.17) is 4.74 Å². The van der Waals surface area contributed by atoms with Gasteiger partial charge in [-0.2, -0.15) is 0 Å². The highest BCUT2D eigenvalue weighted by molar-refractivity contribution is 7.09. The van der Waals surface area contributed by atoms with Gasteiger partial charge in [-0.15, -0.1) is 11.3 Å². The maximum atomic E-state index is 12.2. The van der Waals surface area contributed by atoms with Crippen LogP contribution in [-0.2, 0) is 22.7 Å². The molecule has 0 bridgehead atoms. The van der Waals surface area contributed by atoms with Gasteiger partial charge in [0.1, 0.15) is 5.01 Å². The first kappa shape index (κ1) is 18.4. The topological polar surface area (TPSA) is 54.5 Å². The zero-order chi connectivity index (χ0) is 16.8. The highest BCUT2D eigenvalue weighted by Gasteiger charge is 2.30. The first-order valence-electron chi connectivity index (χ1n) is 8.49. The van der Waals surface area contributed by atoms with Crippen molar-refractivity contribution in [3.8, 4) is 0 Å². The maximum Gasteiger partial charge on any atom is 0.225 e. The van der Waals surface area contributed by atoms with E-state index in [1.807, 2.05) is 18.7 Å². The van der Waals surface area contributed by atoms with Gasteiger partial charge in [0.2, 0.25) is 5.91 Å². The fourth-order valence-electron chi connectivity index (χ4n) is 3.14. The summed E-state index contributed by atoms with van der Waals surface area (Å²) in [4.78, 5) is 18.8. The van der Waals surface area contributed by atoms with Gasteiger partial charge in [-0.05, 0) is 12.3 Å². The summed E-state index contributed by atoms with van der Waals surface area (Å²) in [5.74, 6) is 0.889. The molecular formula is C17H29N3O2S. The molecule has 1 amide bonds. The summed E-state index contributed by atoms with van der Waals surface area (Å²) in [5, 5.41) is 6.77. The molecule has 0 unspecified atom stereocenters. The van der Waals surface area contributed by atoms with Gasteiger partial charge >= 0.3 is 0 Å². The fourth-order valence-corrected chi connectivity index (χ4v) is 3.90. The number of hydrogen-bond acceptors (Lipinski definition) is 5. The normalized spacial score (nSPS) is 21.9. The Hall–Kier alpha value is -0.980. The second-order valence-corrected chi connectivity index (χ2v) is 7.49. The molecule has 1 fully saturated rings. The Morgan fingerprint density at radius 3 is 3.00 bits per heavy atom. The Balaban J connectivity index is 1.86. The molecule has 0 spiro atoms. The fraction of sp³-hybridized carbons (Fsp3) is 0.765. The Kier molecular flexibility index (Phi) is 6.99. The molecule has 0 aliphatic carbocycles. The van der Waals surface area contributed by atoms with Crippen molar-refractivity contribution in [2.75, 3.05) is 20.2 Å². The first-order valence-corrected chi connectivity index (χ1v) is 9.37. The van der Waals surface area contributed by atoms with Crippen molar-refractivity contribution in [3.05, 3.63) is 16.1 Å². The van der Waals surface area contributed by atoms with Crippen molar-refractivity contribution < 1.29 is 9.53 Å².